The molecule has 9 nitrogen and oxygen atoms in total. The molecule has 2 aromatic heterocycles. The number of sulfonamides is 1. The third kappa shape index (κ3) is 4.24. The Labute approximate surface area is 208 Å². The molecule has 0 amide bonds. The predicted molar refractivity (Wildman–Crippen MR) is 137 cm³/mol. The van der Waals surface area contributed by atoms with Crippen molar-refractivity contribution in [1.29, 1.82) is 0 Å². The van der Waals surface area contributed by atoms with E-state index >= 15 is 0 Å². The van der Waals surface area contributed by atoms with Crippen LogP contribution in [0.5, 0.6) is 0 Å². The van der Waals surface area contributed by atoms with Crippen LogP contribution in [0.15, 0.2) is 53.6 Å². The molecule has 1 aliphatic heterocycles. The average Bonchev–Trinajstić information content (AvgIpc) is 3.38. The number of nitrogens with one attached hydrogen (secondary N) is 2. The molecule has 0 spiro atoms. The van der Waals surface area contributed by atoms with Gasteiger partial charge in [-0.05, 0) is 68.3 Å². The summed E-state index contributed by atoms with van der Waals surface area (Å²) < 4.78 is 44.5. The number of hydrogen-bond donors (Lipinski definition) is 2. The minimum Gasteiger partial charge on any atom is -0.310 e. The van der Waals surface area contributed by atoms with Crippen LogP contribution in [0.4, 0.5) is 10.1 Å². The molecule has 36 heavy (non-hydrogen) atoms. The molecule has 0 aliphatic carbocycles. The summed E-state index contributed by atoms with van der Waals surface area (Å²) in [5.41, 5.74) is 4.18. The van der Waals surface area contributed by atoms with Crippen molar-refractivity contribution >= 4 is 15.7 Å². The van der Waals surface area contributed by atoms with E-state index in [1.54, 1.807) is 71.9 Å². The Morgan fingerprint density at radius 3 is 2.33 bits per heavy atom. The quantitative estimate of drug-likeness (QED) is 0.429. The molecule has 2 aromatic carbocycles. The lowest BCUT2D eigenvalue weighted by Crippen LogP contribution is -2.30. The van der Waals surface area contributed by atoms with Crippen molar-refractivity contribution in [3.63, 3.8) is 0 Å². The van der Waals surface area contributed by atoms with E-state index < -0.39 is 10.0 Å². The highest BCUT2D eigenvalue weighted by molar-refractivity contribution is 7.92. The fourth-order valence-electron chi connectivity index (χ4n) is 4.70. The zero-order valence-corrected chi connectivity index (χ0v) is 21.2. The van der Waals surface area contributed by atoms with E-state index in [4.69, 9.17) is 5.10 Å². The van der Waals surface area contributed by atoms with Crippen molar-refractivity contribution in [2.75, 3.05) is 17.5 Å². The summed E-state index contributed by atoms with van der Waals surface area (Å²) in [4.78, 5) is 13.6. The fourth-order valence-corrected chi connectivity index (χ4v) is 5.26. The molecule has 0 radical (unpaired) electrons. The van der Waals surface area contributed by atoms with E-state index in [-0.39, 0.29) is 17.5 Å². The molecule has 0 saturated heterocycles. The number of imidazole rings is 1. The normalized spacial score (nSPS) is 15.6. The largest absolute Gasteiger partial charge is 0.338 e. The van der Waals surface area contributed by atoms with Crippen LogP contribution in [-0.2, 0) is 16.4 Å². The van der Waals surface area contributed by atoms with Gasteiger partial charge in [0.2, 0.25) is 10.0 Å². The predicted octanol–water partition coefficient (Wildman–Crippen LogP) is 3.15. The van der Waals surface area contributed by atoms with Crippen molar-refractivity contribution < 1.29 is 12.8 Å². The van der Waals surface area contributed by atoms with Crippen molar-refractivity contribution in [1.82, 2.24) is 24.2 Å². The second-order valence-corrected chi connectivity index (χ2v) is 10.9. The smallest absolute Gasteiger partial charge is 0.310 e. The molecule has 2 N–H and O–H groups in total. The summed E-state index contributed by atoms with van der Waals surface area (Å²) in [6.07, 6.45) is 5.13. The van der Waals surface area contributed by atoms with E-state index in [0.29, 0.717) is 40.4 Å². The van der Waals surface area contributed by atoms with Gasteiger partial charge in [0.05, 0.1) is 23.3 Å². The highest BCUT2D eigenvalue weighted by Gasteiger charge is 2.29. The Morgan fingerprint density at radius 1 is 1.06 bits per heavy atom. The monoisotopic (exact) mass is 510 g/mol. The summed E-state index contributed by atoms with van der Waals surface area (Å²) in [5.74, 6) is 0.346. The van der Waals surface area contributed by atoms with Crippen LogP contribution >= 0.6 is 0 Å². The minimum atomic E-state index is -3.40. The van der Waals surface area contributed by atoms with Gasteiger partial charge in [0.25, 0.3) is 0 Å². The van der Waals surface area contributed by atoms with Crippen molar-refractivity contribution in [2.24, 2.45) is 0 Å². The van der Waals surface area contributed by atoms with Gasteiger partial charge >= 0.3 is 5.69 Å². The molecule has 11 heteroatoms. The lowest BCUT2D eigenvalue weighted by Gasteiger charge is -2.21. The van der Waals surface area contributed by atoms with E-state index in [0.717, 1.165) is 24.1 Å². The van der Waals surface area contributed by atoms with Gasteiger partial charge in [0.1, 0.15) is 11.6 Å². The van der Waals surface area contributed by atoms with Crippen LogP contribution in [0, 0.1) is 19.7 Å². The van der Waals surface area contributed by atoms with E-state index in [1.165, 1.54) is 4.57 Å². The first-order valence-corrected chi connectivity index (χ1v) is 13.4. The summed E-state index contributed by atoms with van der Waals surface area (Å²) in [5, 5.41) is 8.28. The summed E-state index contributed by atoms with van der Waals surface area (Å²) in [6.45, 7) is 6.23. The van der Waals surface area contributed by atoms with Gasteiger partial charge in [0, 0.05) is 42.7 Å². The summed E-state index contributed by atoms with van der Waals surface area (Å²) in [6, 6.07) is 9.98. The van der Waals surface area contributed by atoms with Crippen molar-refractivity contribution in [3.05, 3.63) is 87.5 Å². The SMILES string of the molecule is Cc1cc(-n2nc3c(c2-n2ccn(-c4ccc(NS(C)(=O)=O)cc4)c2=O)[C@H](C)NCC3)cc(C)c1F. The Bertz CT molecular complexity index is 1610. The van der Waals surface area contributed by atoms with Gasteiger partial charge in [0.15, 0.2) is 0 Å². The minimum absolute atomic E-state index is 0.0308. The van der Waals surface area contributed by atoms with Gasteiger partial charge in [-0.1, -0.05) is 0 Å². The molecule has 5 rings (SSSR count). The Balaban J connectivity index is 1.65. The third-order valence-corrected chi connectivity index (χ3v) is 6.94. The number of hydrogen-bond acceptors (Lipinski definition) is 5. The lowest BCUT2D eigenvalue weighted by molar-refractivity contribution is 0.536. The zero-order valence-electron chi connectivity index (χ0n) is 20.4. The number of rotatable bonds is 5. The topological polar surface area (TPSA) is 103 Å². The Hall–Kier alpha value is -3.70. The highest BCUT2D eigenvalue weighted by atomic mass is 32.2. The molecule has 0 saturated carbocycles. The molecule has 3 heterocycles. The van der Waals surface area contributed by atoms with E-state index in [9.17, 15) is 17.6 Å². The van der Waals surface area contributed by atoms with Crippen LogP contribution in [0.1, 0.15) is 35.3 Å². The summed E-state index contributed by atoms with van der Waals surface area (Å²) >= 11 is 0. The van der Waals surface area contributed by atoms with E-state index in [1.807, 2.05) is 6.92 Å². The number of fused-ring (bicyclic) bond motifs is 1. The molecule has 0 fully saturated rings. The maximum absolute atomic E-state index is 14.4. The molecular formula is C25H27FN6O3S. The molecule has 188 valence electrons. The van der Waals surface area contributed by atoms with Gasteiger partial charge in [-0.25, -0.2) is 22.3 Å². The number of anilines is 1. The van der Waals surface area contributed by atoms with Crippen LogP contribution in [0.3, 0.4) is 0 Å². The fraction of sp³-hybridized carbons (Fsp3) is 0.280. The number of aryl methyl sites for hydroxylation is 2. The van der Waals surface area contributed by atoms with Gasteiger partial charge in [-0.15, -0.1) is 0 Å². The first-order chi connectivity index (χ1) is 17.0. The first-order valence-electron chi connectivity index (χ1n) is 11.5. The second kappa shape index (κ2) is 8.75. The van der Waals surface area contributed by atoms with Crippen LogP contribution in [0.2, 0.25) is 0 Å². The summed E-state index contributed by atoms with van der Waals surface area (Å²) in [7, 11) is -3.40. The van der Waals surface area contributed by atoms with Crippen LogP contribution in [0.25, 0.3) is 17.2 Å². The number of halogens is 1. The lowest BCUT2D eigenvalue weighted by atomic mass is 10.0. The maximum atomic E-state index is 14.4. The molecule has 0 bridgehead atoms. The maximum Gasteiger partial charge on any atom is 0.338 e. The zero-order chi connectivity index (χ0) is 25.8. The molecule has 0 unspecified atom stereocenters. The van der Waals surface area contributed by atoms with Crippen LogP contribution < -0.4 is 15.7 Å². The molecule has 4 aromatic rings. The van der Waals surface area contributed by atoms with Gasteiger partial charge in [-0.3, -0.25) is 13.9 Å². The van der Waals surface area contributed by atoms with Gasteiger partial charge < -0.3 is 5.32 Å². The molecular weight excluding hydrogens is 483 g/mol. The van der Waals surface area contributed by atoms with Gasteiger partial charge in [-0.2, -0.15) is 5.10 Å². The standard InChI is InChI=1S/C25H27FN6O3S/c1-15-13-20(14-16(2)23(15)26)32-24(22-17(3)27-10-9-21(22)28-32)31-12-11-30(25(31)33)19-7-5-18(6-8-19)29-36(4,34)35/h5-8,11-14,17,27,29H,9-10H2,1-4H3/t17-/m0/s1. The Kier molecular flexibility index (Phi) is 5.84. The number of aromatic nitrogens is 4. The third-order valence-electron chi connectivity index (χ3n) is 6.34. The highest BCUT2D eigenvalue weighted by Crippen LogP contribution is 2.31. The molecule has 1 atom stereocenters. The van der Waals surface area contributed by atoms with E-state index in [2.05, 4.69) is 10.0 Å². The molecule has 1 aliphatic rings. The second-order valence-electron chi connectivity index (χ2n) is 9.16. The van der Waals surface area contributed by atoms with Crippen LogP contribution in [-0.4, -0.2) is 40.1 Å². The average molecular weight is 511 g/mol. The van der Waals surface area contributed by atoms with Crippen molar-refractivity contribution in [3.8, 4) is 17.2 Å². The number of benzene rings is 2. The number of nitrogens with zero attached hydrogens (tertiary/aromatic N) is 4. The first kappa shape index (κ1) is 24.0. The Morgan fingerprint density at radius 2 is 1.69 bits per heavy atom. The van der Waals surface area contributed by atoms with Crippen molar-refractivity contribution in [2.45, 2.75) is 33.2 Å².